The molecule has 0 aliphatic carbocycles. The SMILES string of the molecule is O[C@H](CSc1c(Cl)cccc1Cl)CN1CCN(c2ccc(F)cc2)CC1. The lowest BCUT2D eigenvalue weighted by Gasteiger charge is -2.36. The molecule has 7 heteroatoms. The van der Waals surface area contributed by atoms with Gasteiger partial charge in [-0.1, -0.05) is 29.3 Å². The predicted octanol–water partition coefficient (Wildman–Crippen LogP) is 4.41. The van der Waals surface area contributed by atoms with Crippen LogP contribution in [0.5, 0.6) is 0 Å². The summed E-state index contributed by atoms with van der Waals surface area (Å²) in [4.78, 5) is 5.30. The molecule has 3 rings (SSSR count). The smallest absolute Gasteiger partial charge is 0.123 e. The Morgan fingerprint density at radius 3 is 2.23 bits per heavy atom. The zero-order valence-corrected chi connectivity index (χ0v) is 16.6. The first-order valence-corrected chi connectivity index (χ1v) is 10.2. The van der Waals surface area contributed by atoms with E-state index in [1.165, 1.54) is 23.9 Å². The molecule has 0 amide bonds. The Morgan fingerprint density at radius 2 is 1.62 bits per heavy atom. The highest BCUT2D eigenvalue weighted by Crippen LogP contribution is 2.34. The van der Waals surface area contributed by atoms with Crippen molar-refractivity contribution in [3.63, 3.8) is 0 Å². The Labute approximate surface area is 167 Å². The van der Waals surface area contributed by atoms with Gasteiger partial charge in [-0.05, 0) is 36.4 Å². The largest absolute Gasteiger partial charge is 0.391 e. The highest BCUT2D eigenvalue weighted by Gasteiger charge is 2.20. The first kappa shape index (κ1) is 19.8. The van der Waals surface area contributed by atoms with E-state index in [1.54, 1.807) is 12.1 Å². The summed E-state index contributed by atoms with van der Waals surface area (Å²) in [6.45, 7) is 4.08. The summed E-state index contributed by atoms with van der Waals surface area (Å²) in [7, 11) is 0. The molecule has 3 nitrogen and oxygen atoms in total. The van der Waals surface area contributed by atoms with Crippen molar-refractivity contribution in [2.24, 2.45) is 0 Å². The van der Waals surface area contributed by atoms with E-state index in [4.69, 9.17) is 23.2 Å². The number of aliphatic hydroxyl groups excluding tert-OH is 1. The van der Waals surface area contributed by atoms with E-state index in [0.717, 1.165) is 36.8 Å². The Kier molecular flexibility index (Phi) is 7.06. The highest BCUT2D eigenvalue weighted by molar-refractivity contribution is 7.99. The van der Waals surface area contributed by atoms with E-state index < -0.39 is 6.10 Å². The van der Waals surface area contributed by atoms with Crippen molar-refractivity contribution in [3.8, 4) is 0 Å². The van der Waals surface area contributed by atoms with Crippen LogP contribution in [0, 0.1) is 5.82 Å². The molecule has 2 aromatic rings. The zero-order chi connectivity index (χ0) is 18.5. The maximum atomic E-state index is 13.0. The van der Waals surface area contributed by atoms with Gasteiger partial charge in [0.15, 0.2) is 0 Å². The monoisotopic (exact) mass is 414 g/mol. The summed E-state index contributed by atoms with van der Waals surface area (Å²) in [5.74, 6) is 0.327. The molecule has 140 valence electrons. The Bertz CT molecular complexity index is 704. The van der Waals surface area contributed by atoms with Crippen LogP contribution in [0.25, 0.3) is 0 Å². The lowest BCUT2D eigenvalue weighted by molar-refractivity contribution is 0.126. The van der Waals surface area contributed by atoms with Gasteiger partial charge >= 0.3 is 0 Å². The van der Waals surface area contributed by atoms with Crippen molar-refractivity contribution < 1.29 is 9.50 Å². The number of halogens is 3. The first-order chi connectivity index (χ1) is 12.5. The third-order valence-corrected chi connectivity index (χ3v) is 6.51. The fraction of sp³-hybridized carbons (Fsp3) is 0.368. The predicted molar refractivity (Wildman–Crippen MR) is 108 cm³/mol. The van der Waals surface area contributed by atoms with Crippen LogP contribution in [0.3, 0.4) is 0 Å². The van der Waals surface area contributed by atoms with E-state index in [2.05, 4.69) is 9.80 Å². The fourth-order valence-corrected chi connectivity index (χ4v) is 4.59. The lowest BCUT2D eigenvalue weighted by Crippen LogP contribution is -2.48. The number of rotatable bonds is 6. The zero-order valence-electron chi connectivity index (χ0n) is 14.2. The summed E-state index contributed by atoms with van der Waals surface area (Å²) >= 11 is 13.8. The van der Waals surface area contributed by atoms with Gasteiger partial charge < -0.3 is 10.0 Å². The van der Waals surface area contributed by atoms with E-state index in [9.17, 15) is 9.50 Å². The second-order valence-corrected chi connectivity index (χ2v) is 8.12. The first-order valence-electron chi connectivity index (χ1n) is 8.50. The van der Waals surface area contributed by atoms with Crippen LogP contribution in [0.2, 0.25) is 10.0 Å². The number of hydrogen-bond acceptors (Lipinski definition) is 4. The molecule has 26 heavy (non-hydrogen) atoms. The number of aliphatic hydroxyl groups is 1. The second kappa shape index (κ2) is 9.29. The van der Waals surface area contributed by atoms with E-state index in [-0.39, 0.29) is 5.82 Å². The van der Waals surface area contributed by atoms with Crippen molar-refractivity contribution in [1.82, 2.24) is 4.90 Å². The third-order valence-electron chi connectivity index (χ3n) is 4.37. The second-order valence-electron chi connectivity index (χ2n) is 6.28. The summed E-state index contributed by atoms with van der Waals surface area (Å²) in [5.41, 5.74) is 1.04. The number of anilines is 1. The van der Waals surface area contributed by atoms with Gasteiger partial charge in [-0.15, -0.1) is 11.8 Å². The van der Waals surface area contributed by atoms with E-state index >= 15 is 0 Å². The standard InChI is InChI=1S/C19H21Cl2FN2OS/c20-17-2-1-3-18(21)19(17)26-13-16(25)12-23-8-10-24(11-9-23)15-6-4-14(22)5-7-15/h1-7,16,25H,8-13H2/t16-/m0/s1. The van der Waals surface area contributed by atoms with Crippen molar-refractivity contribution in [2.45, 2.75) is 11.0 Å². The summed E-state index contributed by atoms with van der Waals surface area (Å²) < 4.78 is 13.0. The van der Waals surface area contributed by atoms with Gasteiger partial charge in [-0.25, -0.2) is 4.39 Å². The van der Waals surface area contributed by atoms with Gasteiger partial charge in [0.25, 0.3) is 0 Å². The molecule has 0 bridgehead atoms. The number of nitrogens with zero attached hydrogens (tertiary/aromatic N) is 2. The lowest BCUT2D eigenvalue weighted by atomic mass is 10.2. The molecule has 1 atom stereocenters. The molecule has 1 N–H and O–H groups in total. The molecule has 1 aliphatic heterocycles. The van der Waals surface area contributed by atoms with Gasteiger partial charge in [0.2, 0.25) is 0 Å². The van der Waals surface area contributed by atoms with Crippen molar-refractivity contribution >= 4 is 40.7 Å². The van der Waals surface area contributed by atoms with Crippen molar-refractivity contribution in [3.05, 3.63) is 58.3 Å². The molecule has 1 fully saturated rings. The fourth-order valence-electron chi connectivity index (χ4n) is 2.99. The Hall–Kier alpha value is -0.980. The molecule has 0 saturated carbocycles. The van der Waals surface area contributed by atoms with Gasteiger partial charge in [0.1, 0.15) is 5.82 Å². The minimum atomic E-state index is -0.454. The van der Waals surface area contributed by atoms with Crippen LogP contribution in [0.4, 0.5) is 10.1 Å². The molecule has 0 radical (unpaired) electrons. The average molecular weight is 415 g/mol. The third kappa shape index (κ3) is 5.27. The van der Waals surface area contributed by atoms with Crippen LogP contribution < -0.4 is 4.90 Å². The number of piperazine rings is 1. The summed E-state index contributed by atoms with van der Waals surface area (Å²) in [5, 5.41) is 11.6. The molecule has 2 aromatic carbocycles. The maximum absolute atomic E-state index is 13.0. The van der Waals surface area contributed by atoms with Crippen molar-refractivity contribution in [1.29, 1.82) is 0 Å². The van der Waals surface area contributed by atoms with Gasteiger partial charge in [-0.3, -0.25) is 4.90 Å². The Balaban J connectivity index is 1.44. The van der Waals surface area contributed by atoms with E-state index in [0.29, 0.717) is 22.3 Å². The van der Waals surface area contributed by atoms with Crippen LogP contribution in [0.15, 0.2) is 47.4 Å². The number of hydrogen-bond donors (Lipinski definition) is 1. The maximum Gasteiger partial charge on any atom is 0.123 e. The van der Waals surface area contributed by atoms with Crippen LogP contribution in [0.1, 0.15) is 0 Å². The minimum Gasteiger partial charge on any atom is -0.391 e. The number of benzene rings is 2. The molecular weight excluding hydrogens is 394 g/mol. The molecule has 1 heterocycles. The molecule has 0 spiro atoms. The van der Waals surface area contributed by atoms with Crippen LogP contribution in [-0.4, -0.2) is 54.6 Å². The molecule has 0 aromatic heterocycles. The topological polar surface area (TPSA) is 26.7 Å². The highest BCUT2D eigenvalue weighted by atomic mass is 35.5. The minimum absolute atomic E-state index is 0.216. The average Bonchev–Trinajstić information content (AvgIpc) is 2.63. The Morgan fingerprint density at radius 1 is 1.00 bits per heavy atom. The molecule has 1 saturated heterocycles. The molecule has 1 aliphatic rings. The normalized spacial score (nSPS) is 16.7. The summed E-state index contributed by atoms with van der Waals surface area (Å²) in [6.07, 6.45) is -0.454. The van der Waals surface area contributed by atoms with Crippen LogP contribution >= 0.6 is 35.0 Å². The number of thioether (sulfide) groups is 1. The molecule has 0 unspecified atom stereocenters. The van der Waals surface area contributed by atoms with E-state index in [1.807, 2.05) is 18.2 Å². The quantitative estimate of drug-likeness (QED) is 0.708. The van der Waals surface area contributed by atoms with Gasteiger partial charge in [0, 0.05) is 49.1 Å². The number of β-amino-alcohol motifs (C(OH)–C–C–N with tert-alkyl or cyclic N) is 1. The van der Waals surface area contributed by atoms with Crippen molar-refractivity contribution in [2.75, 3.05) is 43.4 Å². The van der Waals surface area contributed by atoms with Crippen LogP contribution in [-0.2, 0) is 0 Å². The molecular formula is C19H21Cl2FN2OS. The summed E-state index contributed by atoms with van der Waals surface area (Å²) in [6, 6.07) is 12.0. The van der Waals surface area contributed by atoms with Gasteiger partial charge in [0.05, 0.1) is 16.1 Å². The van der Waals surface area contributed by atoms with Gasteiger partial charge in [-0.2, -0.15) is 0 Å².